The van der Waals surface area contributed by atoms with Gasteiger partial charge in [0.1, 0.15) is 0 Å². The molecule has 0 fully saturated rings. The first-order valence-electron chi connectivity index (χ1n) is 13.9. The van der Waals surface area contributed by atoms with Crippen molar-refractivity contribution in [2.45, 2.75) is 92.4 Å². The van der Waals surface area contributed by atoms with Crippen LogP contribution in [-0.2, 0) is 25.2 Å². The first-order chi connectivity index (χ1) is 18.6. The molecule has 0 spiro atoms. The van der Waals surface area contributed by atoms with E-state index >= 15 is 0 Å². The van der Waals surface area contributed by atoms with Crippen LogP contribution in [0.5, 0.6) is 0 Å². The Morgan fingerprint density at radius 3 is 1.50 bits per heavy atom. The lowest BCUT2D eigenvalue weighted by Crippen LogP contribution is -2.23. The maximum atomic E-state index is 11.6. The fraction of sp³-hybridized carbons (Fsp3) is 0.486. The van der Waals surface area contributed by atoms with E-state index < -0.39 is 0 Å². The number of esters is 1. The summed E-state index contributed by atoms with van der Waals surface area (Å²) in [6.45, 7) is 25.8. The summed E-state index contributed by atoms with van der Waals surface area (Å²) in [7, 11) is 0. The number of ether oxygens (including phenoxy) is 1. The van der Waals surface area contributed by atoms with E-state index in [1.807, 2.05) is 95.3 Å². The number of hydrogen-bond donors (Lipinski definition) is 1. The van der Waals surface area contributed by atoms with Gasteiger partial charge in [-0.1, -0.05) is 118 Å². The topological polar surface area (TPSA) is 63.6 Å². The molecule has 40 heavy (non-hydrogen) atoms. The Hall–Kier alpha value is -2.63. The molecule has 0 unspecified atom stereocenters. The summed E-state index contributed by atoms with van der Waals surface area (Å²) in [4.78, 5) is 23.2. The standard InChI is InChI=1S/C14H20O2.C13H18O2S.2C4H8/c1-4-10-16-13(15)11-14(2,3)12-8-6-5-7-9-12;1-13(2,10-12(15)16-9-8-14)11-6-4-3-5-7-11;2*1-4(2)3/h5-9H,4,10-11H2,1-3H3;3-7,14H,8-10H2,1-2H3;2*1H2,2-3H3. The molecule has 0 aliphatic heterocycles. The monoisotopic (exact) mass is 570 g/mol. The van der Waals surface area contributed by atoms with E-state index in [-0.39, 0.29) is 28.5 Å². The van der Waals surface area contributed by atoms with Gasteiger partial charge in [0, 0.05) is 17.6 Å². The number of benzene rings is 2. The highest BCUT2D eigenvalue weighted by atomic mass is 32.2. The molecule has 2 aromatic carbocycles. The maximum absolute atomic E-state index is 11.6. The quantitative estimate of drug-likeness (QED) is 0.228. The molecule has 2 rings (SSSR count). The molecular formula is C35H54O4S. The lowest BCUT2D eigenvalue weighted by molar-refractivity contribution is -0.144. The third-order valence-electron chi connectivity index (χ3n) is 5.10. The molecule has 0 bridgehead atoms. The van der Waals surface area contributed by atoms with Gasteiger partial charge < -0.3 is 9.84 Å². The minimum atomic E-state index is -0.161. The first kappa shape index (κ1) is 39.5. The lowest BCUT2D eigenvalue weighted by Gasteiger charge is -2.24. The molecule has 1 N–H and O–H groups in total. The summed E-state index contributed by atoms with van der Waals surface area (Å²) in [6, 6.07) is 20.1. The van der Waals surface area contributed by atoms with Crippen LogP contribution in [0.3, 0.4) is 0 Å². The van der Waals surface area contributed by atoms with Gasteiger partial charge in [0.2, 0.25) is 0 Å². The van der Waals surface area contributed by atoms with Crippen LogP contribution in [0.25, 0.3) is 0 Å². The predicted molar refractivity (Wildman–Crippen MR) is 175 cm³/mol. The second-order valence-corrected chi connectivity index (χ2v) is 12.6. The molecule has 0 amide bonds. The highest BCUT2D eigenvalue weighted by Crippen LogP contribution is 2.29. The van der Waals surface area contributed by atoms with Crippen LogP contribution in [0.1, 0.15) is 92.7 Å². The molecule has 2 aromatic rings. The number of allylic oxidation sites excluding steroid dienone is 2. The van der Waals surface area contributed by atoms with Crippen LogP contribution in [0.4, 0.5) is 0 Å². The number of rotatable bonds is 10. The Labute approximate surface area is 249 Å². The van der Waals surface area contributed by atoms with E-state index in [9.17, 15) is 9.59 Å². The zero-order valence-corrected chi connectivity index (χ0v) is 27.3. The van der Waals surface area contributed by atoms with Crippen molar-refractivity contribution < 1.29 is 19.4 Å². The van der Waals surface area contributed by atoms with Crippen LogP contribution >= 0.6 is 11.8 Å². The van der Waals surface area contributed by atoms with E-state index in [4.69, 9.17) is 9.84 Å². The maximum Gasteiger partial charge on any atom is 0.306 e. The Balaban J connectivity index is 0. The smallest absolute Gasteiger partial charge is 0.306 e. The second-order valence-electron chi connectivity index (χ2n) is 11.4. The molecule has 0 heterocycles. The predicted octanol–water partition coefficient (Wildman–Crippen LogP) is 9.08. The molecule has 224 valence electrons. The number of aliphatic hydroxyl groups excluding tert-OH is 1. The average Bonchev–Trinajstić information content (AvgIpc) is 2.86. The molecule has 5 heteroatoms. The van der Waals surface area contributed by atoms with Crippen LogP contribution in [-0.4, -0.2) is 35.2 Å². The second kappa shape index (κ2) is 22.1. The van der Waals surface area contributed by atoms with Gasteiger partial charge in [-0.2, -0.15) is 0 Å². The number of carbonyl (C=O) groups is 2. The van der Waals surface area contributed by atoms with Crippen molar-refractivity contribution in [3.05, 3.63) is 96.1 Å². The van der Waals surface area contributed by atoms with Crippen LogP contribution in [0, 0.1) is 0 Å². The number of aliphatic hydroxyl groups is 1. The summed E-state index contributed by atoms with van der Waals surface area (Å²) >= 11 is 1.21. The molecule has 0 saturated carbocycles. The van der Waals surface area contributed by atoms with Crippen molar-refractivity contribution in [1.82, 2.24) is 0 Å². The van der Waals surface area contributed by atoms with Crippen LogP contribution < -0.4 is 0 Å². The zero-order chi connectivity index (χ0) is 31.2. The third-order valence-corrected chi connectivity index (χ3v) is 5.96. The van der Waals surface area contributed by atoms with Gasteiger partial charge in [-0.25, -0.2) is 0 Å². The van der Waals surface area contributed by atoms with Crippen molar-refractivity contribution >= 4 is 22.8 Å². The largest absolute Gasteiger partial charge is 0.466 e. The summed E-state index contributed by atoms with van der Waals surface area (Å²) in [5.41, 5.74) is 4.38. The van der Waals surface area contributed by atoms with Crippen molar-refractivity contribution in [3.8, 4) is 0 Å². The van der Waals surface area contributed by atoms with Gasteiger partial charge >= 0.3 is 5.97 Å². The highest BCUT2D eigenvalue weighted by Gasteiger charge is 2.25. The van der Waals surface area contributed by atoms with E-state index in [0.29, 0.717) is 25.2 Å². The Morgan fingerprint density at radius 1 is 0.775 bits per heavy atom. The van der Waals surface area contributed by atoms with Crippen LogP contribution in [0.15, 0.2) is 85.0 Å². The van der Waals surface area contributed by atoms with Gasteiger partial charge in [0.05, 0.1) is 19.6 Å². The minimum Gasteiger partial charge on any atom is -0.466 e. The van der Waals surface area contributed by atoms with E-state index in [1.165, 1.54) is 34.0 Å². The summed E-state index contributed by atoms with van der Waals surface area (Å²) < 4.78 is 5.11. The third kappa shape index (κ3) is 22.2. The molecule has 0 radical (unpaired) electrons. The fourth-order valence-corrected chi connectivity index (χ4v) is 3.96. The minimum absolute atomic E-state index is 0.0577. The summed E-state index contributed by atoms with van der Waals surface area (Å²) in [5, 5.41) is 8.80. The molecule has 0 aliphatic rings. The van der Waals surface area contributed by atoms with E-state index in [0.717, 1.165) is 6.42 Å². The number of thioether (sulfide) groups is 1. The van der Waals surface area contributed by atoms with Gasteiger partial charge in [0.15, 0.2) is 5.12 Å². The lowest BCUT2D eigenvalue weighted by atomic mass is 9.82. The van der Waals surface area contributed by atoms with Crippen molar-refractivity contribution in [3.63, 3.8) is 0 Å². The Morgan fingerprint density at radius 2 is 1.15 bits per heavy atom. The summed E-state index contributed by atoms with van der Waals surface area (Å²) in [5.74, 6) is 0.375. The van der Waals surface area contributed by atoms with Crippen molar-refractivity contribution in [2.75, 3.05) is 19.0 Å². The highest BCUT2D eigenvalue weighted by molar-refractivity contribution is 8.13. The molecule has 0 saturated heterocycles. The Bertz CT molecular complexity index is 889. The number of hydrogen-bond acceptors (Lipinski definition) is 5. The van der Waals surface area contributed by atoms with Gasteiger partial charge in [-0.15, -0.1) is 13.2 Å². The molecular weight excluding hydrogens is 516 g/mol. The normalized spacial score (nSPS) is 10.3. The molecule has 0 aromatic heterocycles. The molecule has 0 aliphatic carbocycles. The number of carbonyl (C=O) groups excluding carboxylic acids is 2. The SMILES string of the molecule is C=C(C)C.C=C(C)C.CC(C)(CC(=O)SCCO)c1ccccc1.CCCOC(=O)CC(C)(C)c1ccccc1. The fourth-order valence-electron chi connectivity index (χ4n) is 3.18. The van der Waals surface area contributed by atoms with Crippen molar-refractivity contribution in [2.24, 2.45) is 0 Å². The van der Waals surface area contributed by atoms with Crippen LogP contribution in [0.2, 0.25) is 0 Å². The first-order valence-corrected chi connectivity index (χ1v) is 14.8. The van der Waals surface area contributed by atoms with E-state index in [2.05, 4.69) is 40.9 Å². The van der Waals surface area contributed by atoms with Gasteiger partial charge in [-0.3, -0.25) is 9.59 Å². The summed E-state index contributed by atoms with van der Waals surface area (Å²) in [6.07, 6.45) is 1.80. The average molecular weight is 571 g/mol. The molecule has 4 nitrogen and oxygen atoms in total. The van der Waals surface area contributed by atoms with E-state index in [1.54, 1.807) is 0 Å². The van der Waals surface area contributed by atoms with Gasteiger partial charge in [-0.05, 0) is 50.7 Å². The zero-order valence-electron chi connectivity index (χ0n) is 26.5. The Kier molecular flexibility index (Phi) is 21.8. The van der Waals surface area contributed by atoms with Crippen molar-refractivity contribution in [1.29, 1.82) is 0 Å². The molecule has 0 atom stereocenters. The van der Waals surface area contributed by atoms with Gasteiger partial charge in [0.25, 0.3) is 0 Å².